The lowest BCUT2D eigenvalue weighted by molar-refractivity contribution is 0.498. The van der Waals surface area contributed by atoms with Gasteiger partial charge in [-0.05, 0) is 37.0 Å². The molecule has 0 aliphatic heterocycles. The van der Waals surface area contributed by atoms with E-state index >= 15 is 0 Å². The first kappa shape index (κ1) is 11.8. The van der Waals surface area contributed by atoms with E-state index in [4.69, 9.17) is 0 Å². The van der Waals surface area contributed by atoms with E-state index in [1.807, 2.05) is 31.2 Å². The van der Waals surface area contributed by atoms with Crippen molar-refractivity contribution in [2.24, 2.45) is 0 Å². The summed E-state index contributed by atoms with van der Waals surface area (Å²) >= 11 is 0. The molecule has 2 heteroatoms. The quantitative estimate of drug-likeness (QED) is 0.748. The van der Waals surface area contributed by atoms with E-state index in [0.29, 0.717) is 12.0 Å². The largest absolute Gasteiger partial charge is 0.204 e. The van der Waals surface area contributed by atoms with Crippen LogP contribution in [-0.2, 0) is 12.8 Å². The molecule has 0 spiro atoms. The van der Waals surface area contributed by atoms with Crippen molar-refractivity contribution < 1.29 is 8.78 Å². The molecule has 0 saturated carbocycles. The van der Waals surface area contributed by atoms with Gasteiger partial charge < -0.3 is 0 Å². The molecule has 0 fully saturated rings. The van der Waals surface area contributed by atoms with Gasteiger partial charge in [0.25, 0.3) is 0 Å². The molecular weight excluding hydrogens is 218 g/mol. The average Bonchev–Trinajstić information content (AvgIpc) is 2.33. The van der Waals surface area contributed by atoms with Gasteiger partial charge in [0.05, 0.1) is 0 Å². The first-order valence-corrected chi connectivity index (χ1v) is 5.65. The lowest BCUT2D eigenvalue weighted by Gasteiger charge is -2.04. The predicted molar refractivity (Wildman–Crippen MR) is 64.9 cm³/mol. The van der Waals surface area contributed by atoms with Crippen molar-refractivity contribution in [1.82, 2.24) is 0 Å². The van der Waals surface area contributed by atoms with Crippen molar-refractivity contribution in [2.45, 2.75) is 19.8 Å². The molecule has 0 N–H and O–H groups in total. The van der Waals surface area contributed by atoms with E-state index in [1.54, 1.807) is 12.1 Å². The third kappa shape index (κ3) is 2.90. The van der Waals surface area contributed by atoms with E-state index in [2.05, 4.69) is 0 Å². The first-order chi connectivity index (χ1) is 8.16. The molecule has 0 radical (unpaired) electrons. The molecule has 88 valence electrons. The van der Waals surface area contributed by atoms with Gasteiger partial charge >= 0.3 is 0 Å². The molecule has 0 saturated heterocycles. The van der Waals surface area contributed by atoms with E-state index in [0.717, 1.165) is 18.1 Å². The molecule has 2 aromatic carbocycles. The molecule has 0 aromatic heterocycles. The topological polar surface area (TPSA) is 0 Å². The minimum absolute atomic E-state index is 0.436. The second-order valence-electron chi connectivity index (χ2n) is 4.20. The maximum Gasteiger partial charge on any atom is 0.162 e. The van der Waals surface area contributed by atoms with Crippen LogP contribution in [0.3, 0.4) is 0 Å². The van der Waals surface area contributed by atoms with Gasteiger partial charge in [0, 0.05) is 0 Å². The van der Waals surface area contributed by atoms with Gasteiger partial charge in [0.1, 0.15) is 0 Å². The highest BCUT2D eigenvalue weighted by molar-refractivity contribution is 5.24. The smallest absolute Gasteiger partial charge is 0.162 e. The summed E-state index contributed by atoms with van der Waals surface area (Å²) in [6.07, 6.45) is 1.24. The number of halogens is 2. The fourth-order valence-electron chi connectivity index (χ4n) is 1.78. The summed E-state index contributed by atoms with van der Waals surface area (Å²) in [5.74, 6) is -1.49. The summed E-state index contributed by atoms with van der Waals surface area (Å²) in [7, 11) is 0. The normalized spacial score (nSPS) is 10.5. The second kappa shape index (κ2) is 5.09. The number of benzene rings is 2. The Morgan fingerprint density at radius 3 is 2.29 bits per heavy atom. The Balaban J connectivity index is 2.07. The minimum Gasteiger partial charge on any atom is -0.204 e. The third-order valence-electron chi connectivity index (χ3n) is 2.84. The van der Waals surface area contributed by atoms with Crippen LogP contribution in [0, 0.1) is 18.6 Å². The van der Waals surface area contributed by atoms with E-state index in [-0.39, 0.29) is 0 Å². The van der Waals surface area contributed by atoms with Crippen LogP contribution >= 0.6 is 0 Å². The van der Waals surface area contributed by atoms with Crippen LogP contribution in [0.4, 0.5) is 8.78 Å². The van der Waals surface area contributed by atoms with Crippen LogP contribution < -0.4 is 0 Å². The van der Waals surface area contributed by atoms with E-state index in [9.17, 15) is 8.78 Å². The van der Waals surface area contributed by atoms with Gasteiger partial charge in [-0.15, -0.1) is 0 Å². The molecular formula is C15H14F2. The van der Waals surface area contributed by atoms with Crippen molar-refractivity contribution in [3.8, 4) is 0 Å². The fraction of sp³-hybridized carbons (Fsp3) is 0.200. The Labute approximate surface area is 99.9 Å². The van der Waals surface area contributed by atoms with Gasteiger partial charge in [0.15, 0.2) is 11.6 Å². The van der Waals surface area contributed by atoms with Gasteiger partial charge in [-0.25, -0.2) is 8.78 Å². The number of hydrogen-bond acceptors (Lipinski definition) is 0. The Bertz CT molecular complexity index is 501. The van der Waals surface area contributed by atoms with Crippen molar-refractivity contribution in [1.29, 1.82) is 0 Å². The van der Waals surface area contributed by atoms with Crippen LogP contribution in [-0.4, -0.2) is 0 Å². The Hall–Kier alpha value is -1.70. The first-order valence-electron chi connectivity index (χ1n) is 5.65. The lowest BCUT2D eigenvalue weighted by Crippen LogP contribution is -1.97. The van der Waals surface area contributed by atoms with Gasteiger partial charge in [0.2, 0.25) is 0 Å². The van der Waals surface area contributed by atoms with Gasteiger partial charge in [-0.3, -0.25) is 0 Å². The highest BCUT2D eigenvalue weighted by Crippen LogP contribution is 2.14. The summed E-state index contributed by atoms with van der Waals surface area (Å²) in [6, 6.07) is 12.4. The summed E-state index contributed by atoms with van der Waals surface area (Å²) in [4.78, 5) is 0. The SMILES string of the molecule is Cc1ccc(CCc2cccc(F)c2F)cc1. The maximum atomic E-state index is 13.4. The van der Waals surface area contributed by atoms with Crippen LogP contribution in [0.2, 0.25) is 0 Å². The minimum atomic E-state index is -0.772. The molecule has 17 heavy (non-hydrogen) atoms. The van der Waals surface area contributed by atoms with Crippen molar-refractivity contribution >= 4 is 0 Å². The Kier molecular flexibility index (Phi) is 3.52. The van der Waals surface area contributed by atoms with Gasteiger partial charge in [-0.2, -0.15) is 0 Å². The summed E-state index contributed by atoms with van der Waals surface area (Å²) in [5.41, 5.74) is 2.77. The van der Waals surface area contributed by atoms with Crippen LogP contribution in [0.5, 0.6) is 0 Å². The van der Waals surface area contributed by atoms with Crippen molar-refractivity contribution in [2.75, 3.05) is 0 Å². The van der Waals surface area contributed by atoms with Crippen molar-refractivity contribution in [3.05, 3.63) is 70.8 Å². The fourth-order valence-corrected chi connectivity index (χ4v) is 1.78. The molecule has 0 unspecified atom stereocenters. The standard InChI is InChI=1S/C15H14F2/c1-11-5-7-12(8-6-11)9-10-13-3-2-4-14(16)15(13)17/h2-8H,9-10H2,1H3. The molecule has 0 bridgehead atoms. The molecule has 2 rings (SSSR count). The third-order valence-corrected chi connectivity index (χ3v) is 2.84. The molecule has 0 amide bonds. The second-order valence-corrected chi connectivity index (χ2v) is 4.20. The summed E-state index contributed by atoms with van der Waals surface area (Å²) < 4.78 is 26.4. The van der Waals surface area contributed by atoms with Gasteiger partial charge in [-0.1, -0.05) is 42.0 Å². The molecule has 0 heterocycles. The van der Waals surface area contributed by atoms with Crippen LogP contribution in [0.15, 0.2) is 42.5 Å². The molecule has 0 atom stereocenters. The zero-order valence-electron chi connectivity index (χ0n) is 9.71. The Morgan fingerprint density at radius 2 is 1.59 bits per heavy atom. The average molecular weight is 232 g/mol. The number of rotatable bonds is 3. The number of hydrogen-bond donors (Lipinski definition) is 0. The van der Waals surface area contributed by atoms with Crippen molar-refractivity contribution in [3.63, 3.8) is 0 Å². The zero-order valence-corrected chi connectivity index (χ0v) is 9.71. The predicted octanol–water partition coefficient (Wildman–Crippen LogP) is 4.06. The number of aryl methyl sites for hydroxylation is 3. The van der Waals surface area contributed by atoms with Crippen LogP contribution in [0.1, 0.15) is 16.7 Å². The monoisotopic (exact) mass is 232 g/mol. The lowest BCUT2D eigenvalue weighted by atomic mass is 10.0. The molecule has 2 aromatic rings. The van der Waals surface area contributed by atoms with E-state index in [1.165, 1.54) is 5.56 Å². The molecule has 0 aliphatic carbocycles. The maximum absolute atomic E-state index is 13.4. The van der Waals surface area contributed by atoms with Crippen LogP contribution in [0.25, 0.3) is 0 Å². The Morgan fingerprint density at radius 1 is 0.882 bits per heavy atom. The molecule has 0 aliphatic rings. The summed E-state index contributed by atoms with van der Waals surface area (Å²) in [5, 5.41) is 0. The van der Waals surface area contributed by atoms with E-state index < -0.39 is 11.6 Å². The highest BCUT2D eigenvalue weighted by Gasteiger charge is 2.07. The highest BCUT2D eigenvalue weighted by atomic mass is 19.2. The summed E-state index contributed by atoms with van der Waals surface area (Å²) in [6.45, 7) is 2.02. The molecule has 0 nitrogen and oxygen atoms in total. The zero-order chi connectivity index (χ0) is 12.3.